The van der Waals surface area contributed by atoms with Crippen LogP contribution in [0, 0.1) is 16.2 Å². The lowest BCUT2D eigenvalue weighted by Gasteiger charge is -2.43. The molecule has 4 rings (SSSR count). The molecule has 5 nitrogen and oxygen atoms in total. The van der Waals surface area contributed by atoms with E-state index in [-0.39, 0.29) is 25.0 Å². The normalized spacial score (nSPS) is 56.0. The topological polar surface area (TPSA) is 72.8 Å². The summed E-state index contributed by atoms with van der Waals surface area (Å²) >= 11 is 0. The number of ether oxygens (including phenoxy) is 2. The molecule has 5 heteroatoms. The Kier molecular flexibility index (Phi) is 1.83. The summed E-state index contributed by atoms with van der Waals surface area (Å²) in [6.07, 6.45) is 1.77. The highest BCUT2D eigenvalue weighted by atomic mass is 16.6. The Morgan fingerprint density at radius 3 is 2.75 bits per heavy atom. The van der Waals surface area contributed by atoms with Gasteiger partial charge in [-0.25, -0.2) is 0 Å². The molecule has 0 unspecified atom stereocenters. The number of hydrogen-bond donors (Lipinski definition) is 1. The van der Waals surface area contributed by atoms with Crippen LogP contribution < -0.4 is 0 Å². The maximum atomic E-state index is 12.3. The van der Waals surface area contributed by atoms with Crippen molar-refractivity contribution in [2.45, 2.75) is 45.3 Å². The van der Waals surface area contributed by atoms with Gasteiger partial charge in [0.25, 0.3) is 0 Å². The van der Waals surface area contributed by atoms with E-state index in [0.717, 1.165) is 5.57 Å². The highest BCUT2D eigenvalue weighted by molar-refractivity contribution is 5.86. The van der Waals surface area contributed by atoms with Crippen LogP contribution in [0.25, 0.3) is 0 Å². The number of cyclic esters (lactones) is 1. The molecule has 0 spiro atoms. The SMILES string of the molecule is CC1=CC[C@]23OC(=O)C[C@]12[C@H](O)[C@]1(C)C(=O)OC[C@]31C. The first-order valence-corrected chi connectivity index (χ1v) is 7.01. The summed E-state index contributed by atoms with van der Waals surface area (Å²) in [4.78, 5) is 24.3. The van der Waals surface area contributed by atoms with E-state index in [1.165, 1.54) is 0 Å². The molecule has 0 aromatic rings. The van der Waals surface area contributed by atoms with Crippen LogP contribution in [0.2, 0.25) is 0 Å². The number of hydrogen-bond acceptors (Lipinski definition) is 5. The van der Waals surface area contributed by atoms with Crippen LogP contribution in [0.5, 0.6) is 0 Å². The molecule has 2 aliphatic heterocycles. The van der Waals surface area contributed by atoms with Crippen molar-refractivity contribution in [3.05, 3.63) is 11.6 Å². The van der Waals surface area contributed by atoms with Gasteiger partial charge in [-0.3, -0.25) is 9.59 Å². The number of fused-ring (bicyclic) bond motifs is 1. The molecule has 1 N–H and O–H groups in total. The van der Waals surface area contributed by atoms with Gasteiger partial charge in [-0.1, -0.05) is 18.6 Å². The Balaban J connectivity index is 2.05. The molecule has 1 saturated carbocycles. The van der Waals surface area contributed by atoms with E-state index in [9.17, 15) is 14.7 Å². The molecule has 0 amide bonds. The molecule has 2 saturated heterocycles. The zero-order valence-corrected chi connectivity index (χ0v) is 11.9. The Bertz CT molecular complexity index is 595. The van der Waals surface area contributed by atoms with E-state index >= 15 is 0 Å². The maximum absolute atomic E-state index is 12.3. The molecule has 2 heterocycles. The van der Waals surface area contributed by atoms with Gasteiger partial charge in [-0.05, 0) is 13.8 Å². The monoisotopic (exact) mass is 278 g/mol. The third-order valence-electron chi connectivity index (χ3n) is 6.80. The van der Waals surface area contributed by atoms with Crippen molar-refractivity contribution in [3.8, 4) is 0 Å². The van der Waals surface area contributed by atoms with Crippen molar-refractivity contribution in [1.29, 1.82) is 0 Å². The number of carbonyl (C=O) groups is 2. The molecule has 4 aliphatic rings. The van der Waals surface area contributed by atoms with Crippen molar-refractivity contribution >= 4 is 11.9 Å². The Morgan fingerprint density at radius 1 is 1.35 bits per heavy atom. The first kappa shape index (κ1) is 12.4. The molecule has 0 radical (unpaired) electrons. The van der Waals surface area contributed by atoms with Crippen LogP contribution in [-0.4, -0.2) is 35.4 Å². The molecular formula is C15H18O5. The van der Waals surface area contributed by atoms with Crippen LogP contribution in [0.4, 0.5) is 0 Å². The molecule has 20 heavy (non-hydrogen) atoms. The minimum absolute atomic E-state index is 0.148. The quantitative estimate of drug-likeness (QED) is 0.527. The van der Waals surface area contributed by atoms with Crippen LogP contribution in [0.3, 0.4) is 0 Å². The second-order valence-corrected chi connectivity index (χ2v) is 7.05. The van der Waals surface area contributed by atoms with E-state index in [2.05, 4.69) is 0 Å². The zero-order valence-electron chi connectivity index (χ0n) is 11.9. The summed E-state index contributed by atoms with van der Waals surface area (Å²) in [6, 6.07) is 0. The summed E-state index contributed by atoms with van der Waals surface area (Å²) < 4.78 is 11.0. The van der Waals surface area contributed by atoms with Crippen LogP contribution in [-0.2, 0) is 19.1 Å². The van der Waals surface area contributed by atoms with Crippen molar-refractivity contribution in [2.75, 3.05) is 6.61 Å². The maximum Gasteiger partial charge on any atom is 0.315 e. The van der Waals surface area contributed by atoms with Gasteiger partial charge in [0, 0.05) is 6.42 Å². The fraction of sp³-hybridized carbons (Fsp3) is 0.733. The number of esters is 2. The third kappa shape index (κ3) is 0.793. The van der Waals surface area contributed by atoms with Gasteiger partial charge >= 0.3 is 11.9 Å². The standard InChI is InChI=1S/C15H18O5/c1-8-4-5-15-12(2)7-19-11(18)13(12,3)10(17)14(8,15)6-9(16)20-15/h4,10,17H,5-7H2,1-3H3/t10-,12+,13-,14-,15-/m1/s1. The first-order valence-electron chi connectivity index (χ1n) is 7.01. The van der Waals surface area contributed by atoms with Crippen molar-refractivity contribution in [1.82, 2.24) is 0 Å². The van der Waals surface area contributed by atoms with Gasteiger partial charge in [0.1, 0.15) is 17.6 Å². The van der Waals surface area contributed by atoms with Gasteiger partial charge in [0.15, 0.2) is 0 Å². The molecule has 108 valence electrons. The van der Waals surface area contributed by atoms with Crippen LogP contribution in [0.15, 0.2) is 11.6 Å². The average molecular weight is 278 g/mol. The van der Waals surface area contributed by atoms with Crippen molar-refractivity contribution in [3.63, 3.8) is 0 Å². The van der Waals surface area contributed by atoms with Gasteiger partial charge in [-0.15, -0.1) is 0 Å². The highest BCUT2D eigenvalue weighted by Gasteiger charge is 2.88. The first-order chi connectivity index (χ1) is 9.26. The minimum atomic E-state index is -1.02. The number of carbonyl (C=O) groups excluding carboxylic acids is 2. The Labute approximate surface area is 116 Å². The van der Waals surface area contributed by atoms with E-state index in [1.54, 1.807) is 6.92 Å². The molecule has 0 bridgehead atoms. The summed E-state index contributed by atoms with van der Waals surface area (Å²) in [5, 5.41) is 11.0. The molecular weight excluding hydrogens is 260 g/mol. The van der Waals surface area contributed by atoms with Crippen molar-refractivity contribution < 1.29 is 24.2 Å². The zero-order chi connectivity index (χ0) is 14.6. The molecule has 2 aliphatic carbocycles. The van der Waals surface area contributed by atoms with E-state index in [1.807, 2.05) is 19.9 Å². The minimum Gasteiger partial charge on any atom is -0.464 e. The molecule has 0 aromatic heterocycles. The smallest absolute Gasteiger partial charge is 0.315 e. The summed E-state index contributed by atoms with van der Waals surface area (Å²) in [7, 11) is 0. The summed E-state index contributed by atoms with van der Waals surface area (Å²) in [5.41, 5.74) is -2.38. The lowest BCUT2D eigenvalue weighted by molar-refractivity contribution is -0.165. The van der Waals surface area contributed by atoms with Gasteiger partial charge in [-0.2, -0.15) is 0 Å². The Morgan fingerprint density at radius 2 is 2.05 bits per heavy atom. The second-order valence-electron chi connectivity index (χ2n) is 7.05. The predicted octanol–water partition coefficient (Wildman–Crippen LogP) is 0.952. The Hall–Kier alpha value is -1.36. The number of rotatable bonds is 0. The second kappa shape index (κ2) is 2.96. The van der Waals surface area contributed by atoms with Crippen molar-refractivity contribution in [2.24, 2.45) is 16.2 Å². The fourth-order valence-electron chi connectivity index (χ4n) is 5.39. The van der Waals surface area contributed by atoms with Crippen LogP contribution in [0.1, 0.15) is 33.6 Å². The predicted molar refractivity (Wildman–Crippen MR) is 67.4 cm³/mol. The fourth-order valence-corrected chi connectivity index (χ4v) is 5.39. The van der Waals surface area contributed by atoms with E-state index in [4.69, 9.17) is 9.47 Å². The van der Waals surface area contributed by atoms with Gasteiger partial charge in [0.05, 0.1) is 23.4 Å². The molecule has 0 aromatic carbocycles. The van der Waals surface area contributed by atoms with Gasteiger partial charge in [0.2, 0.25) is 0 Å². The highest BCUT2D eigenvalue weighted by Crippen LogP contribution is 2.78. The summed E-state index contributed by atoms with van der Waals surface area (Å²) in [6.45, 7) is 5.77. The van der Waals surface area contributed by atoms with E-state index < -0.39 is 27.9 Å². The third-order valence-corrected chi connectivity index (χ3v) is 6.80. The molecule has 3 fully saturated rings. The lowest BCUT2D eigenvalue weighted by atomic mass is 9.62. The number of aliphatic hydroxyl groups is 1. The lowest BCUT2D eigenvalue weighted by Crippen LogP contribution is -2.52. The summed E-state index contributed by atoms with van der Waals surface area (Å²) in [5.74, 6) is -0.675. The van der Waals surface area contributed by atoms with Gasteiger partial charge < -0.3 is 14.6 Å². The van der Waals surface area contributed by atoms with Crippen LogP contribution >= 0.6 is 0 Å². The average Bonchev–Trinajstić information content (AvgIpc) is 2.97. The van der Waals surface area contributed by atoms with E-state index in [0.29, 0.717) is 6.42 Å². The molecule has 5 atom stereocenters. The number of aliphatic hydroxyl groups excluding tert-OH is 1. The largest absolute Gasteiger partial charge is 0.464 e.